The minimum atomic E-state index is -0.460. The van der Waals surface area contributed by atoms with Gasteiger partial charge in [-0.15, -0.1) is 0 Å². The first kappa shape index (κ1) is 19.8. The maximum atomic E-state index is 12.1. The highest BCUT2D eigenvalue weighted by Crippen LogP contribution is 2.22. The molecule has 0 spiro atoms. The van der Waals surface area contributed by atoms with Gasteiger partial charge >= 0.3 is 6.03 Å². The third-order valence-electron chi connectivity index (χ3n) is 4.81. The summed E-state index contributed by atoms with van der Waals surface area (Å²) in [5.41, 5.74) is 0.750. The topological polar surface area (TPSA) is 105 Å². The van der Waals surface area contributed by atoms with E-state index in [1.807, 2.05) is 6.92 Å². The van der Waals surface area contributed by atoms with Crippen LogP contribution in [-0.2, 0) is 4.79 Å². The summed E-state index contributed by atoms with van der Waals surface area (Å²) >= 11 is 0. The number of benzene rings is 1. The lowest BCUT2D eigenvalue weighted by Crippen LogP contribution is -2.47. The fraction of sp³-hybridized carbons (Fsp3) is 0.556. The molecule has 1 fully saturated rings. The zero-order valence-corrected chi connectivity index (χ0v) is 15.2. The number of likely N-dealkylation sites (N-methyl/N-ethyl adjacent to an activating group) is 1. The number of carbonyl (C=O) groups excluding carboxylic acids is 2. The summed E-state index contributed by atoms with van der Waals surface area (Å²) in [5, 5.41) is 16.1. The molecule has 1 unspecified atom stereocenters. The maximum absolute atomic E-state index is 12.1. The van der Waals surface area contributed by atoms with Gasteiger partial charge in [-0.2, -0.15) is 0 Å². The Morgan fingerprint density at radius 3 is 2.65 bits per heavy atom. The molecule has 26 heavy (non-hydrogen) atoms. The van der Waals surface area contributed by atoms with Crippen LogP contribution in [0.15, 0.2) is 24.3 Å². The molecule has 142 valence electrons. The molecule has 1 aromatic rings. The molecular weight excluding hydrogens is 336 g/mol. The number of nitro benzene ring substituents is 1. The minimum Gasteiger partial charge on any atom is -0.335 e. The summed E-state index contributed by atoms with van der Waals surface area (Å²) < 4.78 is 0. The first-order valence-corrected chi connectivity index (χ1v) is 8.91. The van der Waals surface area contributed by atoms with Gasteiger partial charge in [0.15, 0.2) is 0 Å². The molecule has 0 radical (unpaired) electrons. The first-order chi connectivity index (χ1) is 12.4. The van der Waals surface area contributed by atoms with Crippen LogP contribution in [0.1, 0.15) is 50.6 Å². The second kappa shape index (κ2) is 9.28. The van der Waals surface area contributed by atoms with Crippen LogP contribution in [0.5, 0.6) is 0 Å². The Bertz CT molecular complexity index is 658. The highest BCUT2D eigenvalue weighted by Gasteiger charge is 2.20. The van der Waals surface area contributed by atoms with Crippen LogP contribution in [-0.4, -0.2) is 41.4 Å². The summed E-state index contributed by atoms with van der Waals surface area (Å²) in [6.07, 6.45) is 5.29. The van der Waals surface area contributed by atoms with Crippen LogP contribution < -0.4 is 10.6 Å². The van der Waals surface area contributed by atoms with E-state index >= 15 is 0 Å². The van der Waals surface area contributed by atoms with E-state index in [2.05, 4.69) is 10.6 Å². The SMILES string of the molecule is CC(c1cccc([N+](=O)[O-])c1)N(C)CC(=O)NC(=O)NC1CCCCC1. The number of imide groups is 1. The monoisotopic (exact) mass is 362 g/mol. The Hall–Kier alpha value is -2.48. The lowest BCUT2D eigenvalue weighted by atomic mass is 9.96. The largest absolute Gasteiger partial charge is 0.335 e. The molecule has 0 aliphatic heterocycles. The summed E-state index contributed by atoms with van der Waals surface area (Å²) in [7, 11) is 1.74. The summed E-state index contributed by atoms with van der Waals surface area (Å²) in [5.74, 6) is -0.405. The smallest absolute Gasteiger partial charge is 0.321 e. The lowest BCUT2D eigenvalue weighted by Gasteiger charge is -2.25. The van der Waals surface area contributed by atoms with Crippen LogP contribution in [0.3, 0.4) is 0 Å². The van der Waals surface area contributed by atoms with Gasteiger partial charge in [-0.05, 0) is 32.4 Å². The Morgan fingerprint density at radius 1 is 1.31 bits per heavy atom. The second-order valence-electron chi connectivity index (χ2n) is 6.80. The van der Waals surface area contributed by atoms with Gasteiger partial charge < -0.3 is 5.32 Å². The van der Waals surface area contributed by atoms with Gasteiger partial charge in [0.25, 0.3) is 5.69 Å². The zero-order chi connectivity index (χ0) is 19.1. The molecule has 0 saturated heterocycles. The third kappa shape index (κ3) is 5.80. The number of urea groups is 1. The molecule has 1 aromatic carbocycles. The van der Waals surface area contributed by atoms with Gasteiger partial charge in [0, 0.05) is 24.2 Å². The van der Waals surface area contributed by atoms with Crippen LogP contribution in [0.4, 0.5) is 10.5 Å². The molecule has 3 amide bonds. The van der Waals surface area contributed by atoms with E-state index in [0.717, 1.165) is 31.2 Å². The summed E-state index contributed by atoms with van der Waals surface area (Å²) in [6.45, 7) is 1.87. The van der Waals surface area contributed by atoms with E-state index in [4.69, 9.17) is 0 Å². The van der Waals surface area contributed by atoms with Crippen LogP contribution in [0, 0.1) is 10.1 Å². The highest BCUT2D eigenvalue weighted by atomic mass is 16.6. The molecule has 0 bridgehead atoms. The second-order valence-corrected chi connectivity index (χ2v) is 6.80. The Balaban J connectivity index is 1.84. The van der Waals surface area contributed by atoms with Gasteiger partial charge in [0.05, 0.1) is 11.5 Å². The van der Waals surface area contributed by atoms with Crippen molar-refractivity contribution in [2.24, 2.45) is 0 Å². The molecular formula is C18H26N4O4. The van der Waals surface area contributed by atoms with Crippen molar-refractivity contribution in [3.05, 3.63) is 39.9 Å². The van der Waals surface area contributed by atoms with Crippen molar-refractivity contribution >= 4 is 17.6 Å². The van der Waals surface area contributed by atoms with Crippen molar-refractivity contribution in [1.29, 1.82) is 0 Å². The number of nitro groups is 1. The van der Waals surface area contributed by atoms with Gasteiger partial charge in [-0.1, -0.05) is 31.4 Å². The van der Waals surface area contributed by atoms with E-state index in [-0.39, 0.29) is 24.3 Å². The van der Waals surface area contributed by atoms with E-state index in [9.17, 15) is 19.7 Å². The van der Waals surface area contributed by atoms with Crippen molar-refractivity contribution in [3.63, 3.8) is 0 Å². The number of hydrogen-bond donors (Lipinski definition) is 2. The van der Waals surface area contributed by atoms with E-state index in [1.54, 1.807) is 24.1 Å². The Labute approximate surface area is 153 Å². The van der Waals surface area contributed by atoms with E-state index < -0.39 is 16.9 Å². The molecule has 1 atom stereocenters. The van der Waals surface area contributed by atoms with Crippen molar-refractivity contribution in [1.82, 2.24) is 15.5 Å². The highest BCUT2D eigenvalue weighted by molar-refractivity contribution is 5.95. The molecule has 1 aliphatic carbocycles. The fourth-order valence-electron chi connectivity index (χ4n) is 3.15. The number of non-ortho nitro benzene ring substituents is 1. The standard InChI is InChI=1S/C18H26N4O4/c1-13(14-7-6-10-16(11-14)22(25)26)21(2)12-17(23)20-18(24)19-15-8-4-3-5-9-15/h6-7,10-11,13,15H,3-5,8-9,12H2,1-2H3,(H2,19,20,23,24). The molecule has 2 rings (SSSR count). The van der Waals surface area contributed by atoms with Crippen molar-refractivity contribution in [2.45, 2.75) is 51.1 Å². The molecule has 0 heterocycles. The first-order valence-electron chi connectivity index (χ1n) is 8.91. The molecule has 1 saturated carbocycles. The minimum absolute atomic E-state index is 0.0130. The molecule has 8 nitrogen and oxygen atoms in total. The predicted octanol–water partition coefficient (Wildman–Crippen LogP) is 2.75. The van der Waals surface area contributed by atoms with Crippen molar-refractivity contribution < 1.29 is 14.5 Å². The third-order valence-corrected chi connectivity index (χ3v) is 4.81. The number of nitrogens with zero attached hydrogens (tertiary/aromatic N) is 2. The van der Waals surface area contributed by atoms with Gasteiger partial charge in [-0.25, -0.2) is 4.79 Å². The van der Waals surface area contributed by atoms with Crippen LogP contribution in [0.2, 0.25) is 0 Å². The van der Waals surface area contributed by atoms with Gasteiger partial charge in [0.2, 0.25) is 5.91 Å². The van der Waals surface area contributed by atoms with Gasteiger partial charge in [-0.3, -0.25) is 25.1 Å². The quantitative estimate of drug-likeness (QED) is 0.598. The predicted molar refractivity (Wildman–Crippen MR) is 97.7 cm³/mol. The van der Waals surface area contributed by atoms with Crippen LogP contribution >= 0.6 is 0 Å². The fourth-order valence-corrected chi connectivity index (χ4v) is 3.15. The molecule has 0 aromatic heterocycles. The molecule has 1 aliphatic rings. The Morgan fingerprint density at radius 2 is 2.00 bits per heavy atom. The number of amides is 3. The van der Waals surface area contributed by atoms with E-state index in [0.29, 0.717) is 0 Å². The number of hydrogen-bond acceptors (Lipinski definition) is 5. The maximum Gasteiger partial charge on any atom is 0.321 e. The summed E-state index contributed by atoms with van der Waals surface area (Å²) in [4.78, 5) is 36.2. The normalized spacial score (nSPS) is 16.1. The van der Waals surface area contributed by atoms with Crippen molar-refractivity contribution in [3.8, 4) is 0 Å². The average Bonchev–Trinajstić information content (AvgIpc) is 2.61. The number of nitrogens with one attached hydrogen (secondary N) is 2. The molecule has 2 N–H and O–H groups in total. The number of rotatable bonds is 6. The van der Waals surface area contributed by atoms with Crippen LogP contribution in [0.25, 0.3) is 0 Å². The molecule has 8 heteroatoms. The Kier molecular flexibility index (Phi) is 7.08. The average molecular weight is 362 g/mol. The van der Waals surface area contributed by atoms with E-state index in [1.165, 1.54) is 18.6 Å². The zero-order valence-electron chi connectivity index (χ0n) is 15.2. The summed E-state index contributed by atoms with van der Waals surface area (Å²) in [6, 6.07) is 5.79. The number of carbonyl (C=O) groups is 2. The van der Waals surface area contributed by atoms with Crippen molar-refractivity contribution in [2.75, 3.05) is 13.6 Å². The van der Waals surface area contributed by atoms with Gasteiger partial charge in [0.1, 0.15) is 0 Å². The lowest BCUT2D eigenvalue weighted by molar-refractivity contribution is -0.384.